The second-order valence-corrected chi connectivity index (χ2v) is 20.8. The molecule has 0 radical (unpaired) electrons. The number of ether oxygens (including phenoxy) is 3. The van der Waals surface area contributed by atoms with E-state index in [1.54, 1.807) is 0 Å². The van der Waals surface area contributed by atoms with Gasteiger partial charge in [0.1, 0.15) is 11.5 Å². The summed E-state index contributed by atoms with van der Waals surface area (Å²) in [5.41, 5.74) is 8.67. The zero-order valence-electron chi connectivity index (χ0n) is 38.5. The van der Waals surface area contributed by atoms with E-state index in [9.17, 15) is 4.79 Å². The van der Waals surface area contributed by atoms with Crippen molar-refractivity contribution in [2.24, 2.45) is 0 Å². The fourth-order valence-electron chi connectivity index (χ4n) is 9.72. The maximum atomic E-state index is 12.6. The average Bonchev–Trinajstić information content (AvgIpc) is 4.11. The summed E-state index contributed by atoms with van der Waals surface area (Å²) < 4.78 is 18.0. The van der Waals surface area contributed by atoms with Crippen molar-refractivity contribution in [2.45, 2.75) is 126 Å². The van der Waals surface area contributed by atoms with Gasteiger partial charge in [0, 0.05) is 92.0 Å². The molecule has 4 fully saturated rings. The first-order chi connectivity index (χ1) is 33.0. The van der Waals surface area contributed by atoms with Crippen molar-refractivity contribution in [1.29, 1.82) is 0 Å². The number of hydrogen-bond donors (Lipinski definition) is 2. The number of nitrogens with one attached hydrogen (secondary N) is 2. The van der Waals surface area contributed by atoms with Crippen LogP contribution in [-0.2, 0) is 39.1 Å². The molecule has 6 aromatic rings. The van der Waals surface area contributed by atoms with E-state index in [0.717, 1.165) is 119 Å². The fourth-order valence-corrected chi connectivity index (χ4v) is 11.0. The Morgan fingerprint density at radius 3 is 1.53 bits per heavy atom. The van der Waals surface area contributed by atoms with Crippen LogP contribution < -0.4 is 20.1 Å². The molecule has 2 aromatic heterocycles. The summed E-state index contributed by atoms with van der Waals surface area (Å²) in [6.45, 7) is 5.22. The second-order valence-electron chi connectivity index (χ2n) is 19.2. The van der Waals surface area contributed by atoms with Crippen LogP contribution in [0.3, 0.4) is 0 Å². The van der Waals surface area contributed by atoms with Crippen LogP contribution in [0, 0.1) is 0 Å². The zero-order valence-corrected chi connectivity index (χ0v) is 41.5. The van der Waals surface area contributed by atoms with Crippen molar-refractivity contribution >= 4 is 52.4 Å². The highest BCUT2D eigenvalue weighted by Crippen LogP contribution is 2.53. The largest absolute Gasteiger partial charge is 0.490 e. The van der Waals surface area contributed by atoms with Crippen LogP contribution in [0.4, 0.5) is 0 Å². The van der Waals surface area contributed by atoms with Crippen molar-refractivity contribution in [3.05, 3.63) is 163 Å². The molecule has 0 amide bonds. The van der Waals surface area contributed by atoms with Gasteiger partial charge in [-0.05, 0) is 164 Å². The van der Waals surface area contributed by atoms with Gasteiger partial charge >= 0.3 is 5.97 Å². The second kappa shape index (κ2) is 19.6. The fraction of sp³-hybridized carbons (Fsp3) is 0.375. The number of pyridine rings is 2. The van der Waals surface area contributed by atoms with Gasteiger partial charge in [0.25, 0.3) is 0 Å². The van der Waals surface area contributed by atoms with Crippen LogP contribution in [0.15, 0.2) is 110 Å². The van der Waals surface area contributed by atoms with Crippen LogP contribution >= 0.6 is 46.4 Å². The molecule has 0 bridgehead atoms. The molecule has 4 saturated carbocycles. The Morgan fingerprint density at radius 2 is 1.10 bits per heavy atom. The van der Waals surface area contributed by atoms with Gasteiger partial charge in [-0.1, -0.05) is 89.7 Å². The smallest absolute Gasteiger partial charge is 0.305 e. The highest BCUT2D eigenvalue weighted by Gasteiger charge is 2.47. The Morgan fingerprint density at radius 1 is 0.647 bits per heavy atom. The van der Waals surface area contributed by atoms with Crippen molar-refractivity contribution in [3.8, 4) is 33.8 Å². The molecule has 4 aliphatic rings. The van der Waals surface area contributed by atoms with E-state index in [4.69, 9.17) is 60.6 Å². The number of benzene rings is 4. The molecule has 0 aliphatic heterocycles. The van der Waals surface area contributed by atoms with E-state index in [1.165, 1.54) is 0 Å². The lowest BCUT2D eigenvalue weighted by Crippen LogP contribution is -2.30. The number of aromatic nitrogens is 2. The molecule has 2 heterocycles. The number of nitrogens with zero attached hydrogens (tertiary/aromatic N) is 2. The number of halogens is 4. The SMILES string of the molecule is CCOC(=O)CCCC(C)(c1cc(Cl)c(CNC2(c3cnccc3-c3ccccc3OC3CC3)CC2)cc1Cl)c1cc(Cl)c(CNC2(c3cnccc3-c3ccccc3OC3CC3)CC2)cc1Cl. The number of para-hydroxylation sites is 2. The maximum absolute atomic E-state index is 12.6. The first-order valence-corrected chi connectivity index (χ1v) is 25.5. The molecular weight excluding hydrogens is 934 g/mol. The summed E-state index contributed by atoms with van der Waals surface area (Å²) >= 11 is 29.2. The maximum Gasteiger partial charge on any atom is 0.305 e. The van der Waals surface area contributed by atoms with E-state index < -0.39 is 5.41 Å². The topological polar surface area (TPSA) is 94.6 Å². The molecular formula is C56H56Cl4N4O4. The van der Waals surface area contributed by atoms with Crippen molar-refractivity contribution in [1.82, 2.24) is 20.6 Å². The molecule has 0 unspecified atom stereocenters. The summed E-state index contributed by atoms with van der Waals surface area (Å²) in [5.74, 6) is 1.56. The van der Waals surface area contributed by atoms with Crippen LogP contribution in [0.2, 0.25) is 20.1 Å². The highest BCUT2D eigenvalue weighted by atomic mass is 35.5. The molecule has 10 rings (SSSR count). The van der Waals surface area contributed by atoms with Gasteiger partial charge in [-0.15, -0.1) is 0 Å². The van der Waals surface area contributed by atoms with Gasteiger partial charge in [-0.25, -0.2) is 0 Å². The van der Waals surface area contributed by atoms with Gasteiger partial charge in [0.2, 0.25) is 0 Å². The van der Waals surface area contributed by atoms with Gasteiger partial charge < -0.3 is 24.8 Å². The summed E-state index contributed by atoms with van der Waals surface area (Å²) in [6.07, 6.45) is 17.7. The number of esters is 1. The third kappa shape index (κ3) is 10.0. The summed E-state index contributed by atoms with van der Waals surface area (Å²) in [6, 6.07) is 28.6. The van der Waals surface area contributed by atoms with Gasteiger partial charge in [0.05, 0.1) is 18.8 Å². The molecule has 0 saturated heterocycles. The normalized spacial score (nSPS) is 16.9. The third-order valence-electron chi connectivity index (χ3n) is 14.2. The molecule has 12 heteroatoms. The average molecular weight is 991 g/mol. The molecule has 0 spiro atoms. The van der Waals surface area contributed by atoms with E-state index in [1.807, 2.05) is 68.1 Å². The summed E-state index contributed by atoms with van der Waals surface area (Å²) in [5, 5.41) is 9.96. The lowest BCUT2D eigenvalue weighted by Gasteiger charge is -2.34. The van der Waals surface area contributed by atoms with Crippen LogP contribution in [-0.4, -0.2) is 34.8 Å². The van der Waals surface area contributed by atoms with Crippen molar-refractivity contribution in [2.75, 3.05) is 6.61 Å². The molecule has 0 atom stereocenters. The Kier molecular flexibility index (Phi) is 13.6. The monoisotopic (exact) mass is 988 g/mol. The standard InChI is InChI=1S/C56H56Cl4N4O4/c1-3-66-53(65)13-8-20-54(2,43-29-47(57)35(27-49(43)59)31-63-55(21-22-55)45-33-61-25-18-39(45)41-9-4-6-11-51(41)67-37-14-15-37)44-30-48(58)36(28-50(44)60)32-64-56(23-24-56)46-34-62-26-19-40(46)42-10-5-7-12-52(42)68-38-16-17-38/h4-7,9-12,18-19,25-30,33-34,37-38,63-64H,3,8,13-17,20-24,31-32H2,1-2H3. The quantitative estimate of drug-likeness (QED) is 0.0689. The summed E-state index contributed by atoms with van der Waals surface area (Å²) in [4.78, 5) is 21.8. The highest BCUT2D eigenvalue weighted by molar-refractivity contribution is 6.35. The molecule has 8 nitrogen and oxygen atoms in total. The van der Waals surface area contributed by atoms with E-state index in [0.29, 0.717) is 52.6 Å². The lowest BCUT2D eigenvalue weighted by atomic mass is 9.72. The molecule has 68 heavy (non-hydrogen) atoms. The Labute approximate surface area is 419 Å². The minimum absolute atomic E-state index is 0.245. The van der Waals surface area contributed by atoms with Crippen molar-refractivity contribution < 1.29 is 19.0 Å². The molecule has 352 valence electrons. The minimum Gasteiger partial charge on any atom is -0.490 e. The number of hydrogen-bond acceptors (Lipinski definition) is 8. The van der Waals surface area contributed by atoms with Crippen LogP contribution in [0.25, 0.3) is 22.3 Å². The molecule has 2 N–H and O–H groups in total. The van der Waals surface area contributed by atoms with Crippen molar-refractivity contribution in [3.63, 3.8) is 0 Å². The van der Waals surface area contributed by atoms with Crippen LogP contribution in [0.1, 0.15) is 118 Å². The van der Waals surface area contributed by atoms with E-state index in [2.05, 4.69) is 76.1 Å². The first kappa shape index (κ1) is 47.0. The Balaban J connectivity index is 0.902. The molecule has 4 aromatic carbocycles. The predicted molar refractivity (Wildman–Crippen MR) is 272 cm³/mol. The number of carbonyl (C=O) groups excluding carboxylic acids is 1. The van der Waals surface area contributed by atoms with E-state index >= 15 is 0 Å². The third-order valence-corrected chi connectivity index (χ3v) is 15.6. The van der Waals surface area contributed by atoms with Gasteiger partial charge in [-0.2, -0.15) is 0 Å². The van der Waals surface area contributed by atoms with E-state index in [-0.39, 0.29) is 35.7 Å². The minimum atomic E-state index is -0.775. The first-order valence-electron chi connectivity index (χ1n) is 24.0. The summed E-state index contributed by atoms with van der Waals surface area (Å²) in [7, 11) is 0. The predicted octanol–water partition coefficient (Wildman–Crippen LogP) is 14.1. The lowest BCUT2D eigenvalue weighted by molar-refractivity contribution is -0.143. The van der Waals surface area contributed by atoms with Gasteiger partial charge in [-0.3, -0.25) is 14.8 Å². The number of carbonyl (C=O) groups is 1. The van der Waals surface area contributed by atoms with Gasteiger partial charge in [0.15, 0.2) is 0 Å². The zero-order chi connectivity index (χ0) is 47.0. The van der Waals surface area contributed by atoms with Crippen LogP contribution in [0.5, 0.6) is 11.5 Å². The Bertz CT molecular complexity index is 2660. The molecule has 4 aliphatic carbocycles. The number of rotatable bonds is 21. The Hall–Kier alpha value is -4.67.